The van der Waals surface area contributed by atoms with Gasteiger partial charge >= 0.3 is 6.03 Å². The highest BCUT2D eigenvalue weighted by atomic mass is 16.5. The molecule has 0 unspecified atom stereocenters. The van der Waals surface area contributed by atoms with Crippen molar-refractivity contribution in [2.75, 3.05) is 37.7 Å². The maximum atomic E-state index is 12.6. The number of hydrogen-bond donors (Lipinski definition) is 1. The molecule has 1 atom stereocenters. The van der Waals surface area contributed by atoms with Gasteiger partial charge in [-0.2, -0.15) is 0 Å². The molecular formula is C19H30N4O2. The van der Waals surface area contributed by atoms with Crippen molar-refractivity contribution < 1.29 is 9.53 Å². The Bertz CT molecular complexity index is 584. The summed E-state index contributed by atoms with van der Waals surface area (Å²) in [5, 5.41) is 3.22. The minimum absolute atomic E-state index is 0.0508. The molecule has 1 aromatic heterocycles. The lowest BCUT2D eigenvalue weighted by molar-refractivity contribution is -0.0874. The van der Waals surface area contributed by atoms with Gasteiger partial charge in [0.1, 0.15) is 5.82 Å². The third kappa shape index (κ3) is 4.42. The molecule has 1 N–H and O–H groups in total. The number of carbonyl (C=O) groups excluding carboxylic acids is 1. The fraction of sp³-hybridized carbons (Fsp3) is 0.684. The molecule has 0 saturated carbocycles. The second-order valence-electron chi connectivity index (χ2n) is 7.48. The lowest BCUT2D eigenvalue weighted by atomic mass is 10.0. The van der Waals surface area contributed by atoms with Crippen LogP contribution in [0, 0.1) is 6.92 Å². The van der Waals surface area contributed by atoms with Gasteiger partial charge in [0.05, 0.1) is 18.8 Å². The highest BCUT2D eigenvalue weighted by Crippen LogP contribution is 2.22. The summed E-state index contributed by atoms with van der Waals surface area (Å²) in [5.41, 5.74) is 0.964. The van der Waals surface area contributed by atoms with Gasteiger partial charge in [0, 0.05) is 31.9 Å². The Labute approximate surface area is 150 Å². The maximum Gasteiger partial charge on any atom is 0.317 e. The van der Waals surface area contributed by atoms with Gasteiger partial charge in [0.2, 0.25) is 0 Å². The van der Waals surface area contributed by atoms with Gasteiger partial charge in [-0.1, -0.05) is 13.0 Å². The number of aryl methyl sites for hydroxylation is 1. The van der Waals surface area contributed by atoms with Crippen LogP contribution in [-0.4, -0.2) is 60.3 Å². The standard InChI is InChI=1S/C19H30N4O2/c1-4-19(3)14-23(11-12-25-19)18(24)21-16-7-9-22(10-8-16)17-6-5-15(2)13-20-17/h5-6,13,16H,4,7-12,14H2,1-3H3,(H,21,24)/t19-/m0/s1. The summed E-state index contributed by atoms with van der Waals surface area (Å²) in [6.07, 6.45) is 4.73. The van der Waals surface area contributed by atoms with Gasteiger partial charge < -0.3 is 19.9 Å². The molecule has 0 spiro atoms. The number of anilines is 1. The lowest BCUT2D eigenvalue weighted by Crippen LogP contribution is -2.56. The third-order valence-electron chi connectivity index (χ3n) is 5.41. The largest absolute Gasteiger partial charge is 0.372 e. The van der Waals surface area contributed by atoms with Gasteiger partial charge in [-0.3, -0.25) is 0 Å². The molecular weight excluding hydrogens is 316 g/mol. The lowest BCUT2D eigenvalue weighted by Gasteiger charge is -2.41. The Morgan fingerprint density at radius 3 is 2.76 bits per heavy atom. The Morgan fingerprint density at radius 1 is 1.36 bits per heavy atom. The average molecular weight is 346 g/mol. The first-order valence-electron chi connectivity index (χ1n) is 9.36. The molecule has 3 heterocycles. The monoisotopic (exact) mass is 346 g/mol. The van der Waals surface area contributed by atoms with Gasteiger partial charge in [0.25, 0.3) is 0 Å². The molecule has 138 valence electrons. The van der Waals surface area contributed by atoms with E-state index in [0.29, 0.717) is 19.7 Å². The number of rotatable bonds is 3. The zero-order chi connectivity index (χ0) is 17.9. The quantitative estimate of drug-likeness (QED) is 0.914. The Balaban J connectivity index is 1.48. The molecule has 2 saturated heterocycles. The number of piperidine rings is 1. The van der Waals surface area contributed by atoms with Crippen molar-refractivity contribution in [2.24, 2.45) is 0 Å². The van der Waals surface area contributed by atoms with Crippen LogP contribution in [0.2, 0.25) is 0 Å². The normalized spacial score (nSPS) is 25.1. The molecule has 6 nitrogen and oxygen atoms in total. The van der Waals surface area contributed by atoms with E-state index in [1.807, 2.05) is 18.0 Å². The molecule has 2 aliphatic heterocycles. The molecule has 0 aromatic carbocycles. The summed E-state index contributed by atoms with van der Waals surface area (Å²) >= 11 is 0. The summed E-state index contributed by atoms with van der Waals surface area (Å²) < 4.78 is 5.82. The summed E-state index contributed by atoms with van der Waals surface area (Å²) in [5.74, 6) is 1.03. The predicted octanol–water partition coefficient (Wildman–Crippen LogP) is 2.57. The first kappa shape index (κ1) is 18.0. The Hall–Kier alpha value is -1.82. The van der Waals surface area contributed by atoms with Crippen molar-refractivity contribution in [1.29, 1.82) is 0 Å². The summed E-state index contributed by atoms with van der Waals surface area (Å²) in [6, 6.07) is 4.47. The summed E-state index contributed by atoms with van der Waals surface area (Å²) in [6.45, 7) is 10.1. The Kier molecular flexibility index (Phi) is 5.47. The number of amides is 2. The third-order valence-corrected chi connectivity index (χ3v) is 5.41. The van der Waals surface area contributed by atoms with Crippen molar-refractivity contribution in [3.05, 3.63) is 23.9 Å². The second kappa shape index (κ2) is 7.60. The van der Waals surface area contributed by atoms with Crippen LogP contribution in [0.4, 0.5) is 10.6 Å². The van der Waals surface area contributed by atoms with Crippen LogP contribution >= 0.6 is 0 Å². The van der Waals surface area contributed by atoms with E-state index in [-0.39, 0.29) is 17.7 Å². The molecule has 0 bridgehead atoms. The van der Waals surface area contributed by atoms with E-state index in [1.54, 1.807) is 0 Å². The SMILES string of the molecule is CC[C@@]1(C)CN(C(=O)NC2CCN(c3ccc(C)cn3)CC2)CCO1. The molecule has 25 heavy (non-hydrogen) atoms. The molecule has 2 aliphatic rings. The zero-order valence-electron chi connectivity index (χ0n) is 15.6. The van der Waals surface area contributed by atoms with Gasteiger partial charge in [-0.05, 0) is 44.7 Å². The van der Waals surface area contributed by atoms with E-state index in [0.717, 1.165) is 38.2 Å². The van der Waals surface area contributed by atoms with Crippen molar-refractivity contribution in [3.8, 4) is 0 Å². The predicted molar refractivity (Wildman–Crippen MR) is 99.0 cm³/mol. The minimum atomic E-state index is -0.212. The topological polar surface area (TPSA) is 57.7 Å². The molecule has 6 heteroatoms. The summed E-state index contributed by atoms with van der Waals surface area (Å²) in [4.78, 5) is 21.3. The van der Waals surface area contributed by atoms with E-state index in [2.05, 4.69) is 41.2 Å². The van der Waals surface area contributed by atoms with E-state index < -0.39 is 0 Å². The first-order chi connectivity index (χ1) is 12.0. The van der Waals surface area contributed by atoms with Crippen LogP contribution in [0.3, 0.4) is 0 Å². The van der Waals surface area contributed by atoms with Gasteiger partial charge in [0.15, 0.2) is 0 Å². The highest BCUT2D eigenvalue weighted by Gasteiger charge is 2.33. The van der Waals surface area contributed by atoms with Crippen molar-refractivity contribution in [2.45, 2.75) is 51.7 Å². The first-order valence-corrected chi connectivity index (χ1v) is 9.36. The van der Waals surface area contributed by atoms with Gasteiger partial charge in [-0.25, -0.2) is 9.78 Å². The van der Waals surface area contributed by atoms with Crippen molar-refractivity contribution in [1.82, 2.24) is 15.2 Å². The smallest absolute Gasteiger partial charge is 0.317 e. The van der Waals surface area contributed by atoms with Crippen molar-refractivity contribution in [3.63, 3.8) is 0 Å². The minimum Gasteiger partial charge on any atom is -0.372 e. The molecule has 3 rings (SSSR count). The fourth-order valence-electron chi connectivity index (χ4n) is 3.48. The highest BCUT2D eigenvalue weighted by molar-refractivity contribution is 5.74. The molecule has 2 fully saturated rings. The van der Waals surface area contributed by atoms with E-state index in [4.69, 9.17) is 4.74 Å². The van der Waals surface area contributed by atoms with Crippen LogP contribution < -0.4 is 10.2 Å². The fourth-order valence-corrected chi connectivity index (χ4v) is 3.48. The molecule has 2 amide bonds. The average Bonchev–Trinajstić information content (AvgIpc) is 2.63. The number of aromatic nitrogens is 1. The number of urea groups is 1. The van der Waals surface area contributed by atoms with E-state index in [1.165, 1.54) is 5.56 Å². The number of pyridine rings is 1. The molecule has 0 radical (unpaired) electrons. The number of hydrogen-bond acceptors (Lipinski definition) is 4. The van der Waals surface area contributed by atoms with Crippen LogP contribution in [0.25, 0.3) is 0 Å². The number of nitrogens with zero attached hydrogens (tertiary/aromatic N) is 3. The van der Waals surface area contributed by atoms with Crippen molar-refractivity contribution >= 4 is 11.8 Å². The number of nitrogens with one attached hydrogen (secondary N) is 1. The number of ether oxygens (including phenoxy) is 1. The van der Waals surface area contributed by atoms with Crippen LogP contribution in [0.1, 0.15) is 38.7 Å². The summed E-state index contributed by atoms with van der Waals surface area (Å²) in [7, 11) is 0. The Morgan fingerprint density at radius 2 is 2.12 bits per heavy atom. The van der Waals surface area contributed by atoms with E-state index in [9.17, 15) is 4.79 Å². The maximum absolute atomic E-state index is 12.6. The molecule has 1 aromatic rings. The second-order valence-corrected chi connectivity index (χ2v) is 7.48. The zero-order valence-corrected chi connectivity index (χ0v) is 15.6. The van der Waals surface area contributed by atoms with E-state index >= 15 is 0 Å². The number of carbonyl (C=O) groups is 1. The molecule has 0 aliphatic carbocycles. The van der Waals surface area contributed by atoms with Crippen LogP contribution in [0.5, 0.6) is 0 Å². The number of morpholine rings is 1. The van der Waals surface area contributed by atoms with Gasteiger partial charge in [-0.15, -0.1) is 0 Å². The van der Waals surface area contributed by atoms with Crippen LogP contribution in [0.15, 0.2) is 18.3 Å². The van der Waals surface area contributed by atoms with Crippen LogP contribution in [-0.2, 0) is 4.74 Å².